The van der Waals surface area contributed by atoms with Crippen molar-refractivity contribution < 1.29 is 20.1 Å². The molecule has 0 bridgehead atoms. The quantitative estimate of drug-likeness (QED) is 0.776. The van der Waals surface area contributed by atoms with E-state index in [2.05, 4.69) is 31.2 Å². The van der Waals surface area contributed by atoms with Gasteiger partial charge in [0.2, 0.25) is 0 Å². The zero-order valence-corrected chi connectivity index (χ0v) is 14.6. The predicted molar refractivity (Wildman–Crippen MR) is 94.3 cm³/mol. The van der Waals surface area contributed by atoms with Crippen molar-refractivity contribution in [3.63, 3.8) is 0 Å². The summed E-state index contributed by atoms with van der Waals surface area (Å²) in [6, 6.07) is 12.6. The first-order valence-electron chi connectivity index (χ1n) is 8.39. The highest BCUT2D eigenvalue weighted by Gasteiger charge is 2.38. The van der Waals surface area contributed by atoms with E-state index in [1.165, 1.54) is 16.0 Å². The molecular formula is C19H24O4S. The third kappa shape index (κ3) is 3.87. The van der Waals surface area contributed by atoms with Gasteiger partial charge in [0.05, 0.1) is 18.8 Å². The molecule has 0 spiro atoms. The van der Waals surface area contributed by atoms with Crippen molar-refractivity contribution in [3.05, 3.63) is 57.3 Å². The molecular weight excluding hydrogens is 324 g/mol. The van der Waals surface area contributed by atoms with Gasteiger partial charge in [-0.1, -0.05) is 31.2 Å². The lowest BCUT2D eigenvalue weighted by molar-refractivity contribution is -0.178. The van der Waals surface area contributed by atoms with Gasteiger partial charge >= 0.3 is 0 Å². The molecule has 1 aliphatic rings. The van der Waals surface area contributed by atoms with Gasteiger partial charge in [-0.15, -0.1) is 11.3 Å². The van der Waals surface area contributed by atoms with Gasteiger partial charge in [-0.3, -0.25) is 0 Å². The Morgan fingerprint density at radius 1 is 1.08 bits per heavy atom. The van der Waals surface area contributed by atoms with E-state index in [0.29, 0.717) is 0 Å². The summed E-state index contributed by atoms with van der Waals surface area (Å²) in [6.07, 6.45) is -0.697. The van der Waals surface area contributed by atoms with Crippen LogP contribution in [0.15, 0.2) is 36.4 Å². The molecule has 0 aliphatic carbocycles. The Kier molecular flexibility index (Phi) is 5.69. The minimum Gasteiger partial charge on any atom is -0.394 e. The molecule has 5 heteroatoms. The maximum absolute atomic E-state index is 10.2. The zero-order valence-electron chi connectivity index (χ0n) is 13.8. The largest absolute Gasteiger partial charge is 0.394 e. The number of rotatable bonds is 5. The molecule has 24 heavy (non-hydrogen) atoms. The third-order valence-corrected chi connectivity index (χ3v) is 5.67. The number of aryl methyl sites for hydroxylation is 1. The van der Waals surface area contributed by atoms with Gasteiger partial charge < -0.3 is 20.1 Å². The van der Waals surface area contributed by atoms with Crippen LogP contribution in [0, 0.1) is 0 Å². The van der Waals surface area contributed by atoms with E-state index >= 15 is 0 Å². The molecule has 4 atom stereocenters. The van der Waals surface area contributed by atoms with Crippen molar-refractivity contribution in [2.45, 2.75) is 50.6 Å². The lowest BCUT2D eigenvalue weighted by atomic mass is 9.97. The van der Waals surface area contributed by atoms with Crippen LogP contribution >= 0.6 is 11.3 Å². The Hall–Kier alpha value is -1.24. The predicted octanol–water partition coefficient (Wildman–Crippen LogP) is 2.45. The Bertz CT molecular complexity index is 652. The summed E-state index contributed by atoms with van der Waals surface area (Å²) in [5, 5.41) is 29.5. The van der Waals surface area contributed by atoms with Crippen LogP contribution in [0.3, 0.4) is 0 Å². The number of ether oxygens (including phenoxy) is 1. The van der Waals surface area contributed by atoms with Gasteiger partial charge in [0.25, 0.3) is 0 Å². The summed E-state index contributed by atoms with van der Waals surface area (Å²) in [6.45, 7) is 1.99. The second-order valence-electron chi connectivity index (χ2n) is 6.31. The van der Waals surface area contributed by atoms with Crippen LogP contribution in [0.2, 0.25) is 0 Å². The summed E-state index contributed by atoms with van der Waals surface area (Å²) in [5.41, 5.74) is 2.58. The number of hydrogen-bond donors (Lipinski definition) is 3. The van der Waals surface area contributed by atoms with Crippen molar-refractivity contribution in [1.29, 1.82) is 0 Å². The zero-order chi connectivity index (χ0) is 17.1. The summed E-state index contributed by atoms with van der Waals surface area (Å²) in [7, 11) is 0. The Morgan fingerprint density at radius 3 is 2.46 bits per heavy atom. The minimum atomic E-state index is -0.955. The topological polar surface area (TPSA) is 69.9 Å². The highest BCUT2D eigenvalue weighted by atomic mass is 32.1. The maximum atomic E-state index is 10.2. The van der Waals surface area contributed by atoms with E-state index < -0.39 is 24.4 Å². The molecule has 2 aromatic rings. The van der Waals surface area contributed by atoms with Crippen molar-refractivity contribution in [2.24, 2.45) is 0 Å². The van der Waals surface area contributed by atoms with Crippen LogP contribution in [0.1, 0.15) is 40.3 Å². The van der Waals surface area contributed by atoms with E-state index in [1.807, 2.05) is 12.1 Å². The van der Waals surface area contributed by atoms with Crippen LogP contribution < -0.4 is 0 Å². The van der Waals surface area contributed by atoms with Crippen LogP contribution in [-0.4, -0.2) is 40.2 Å². The van der Waals surface area contributed by atoms with Gasteiger partial charge in [0.15, 0.2) is 0 Å². The SMILES string of the molecule is CCc1ccc(Cc2ccc(C3O[C@H](CO)CC(O)[C@H]3O)s2)cc1. The molecule has 3 N–H and O–H groups in total. The van der Waals surface area contributed by atoms with Crippen molar-refractivity contribution in [3.8, 4) is 0 Å². The van der Waals surface area contributed by atoms with E-state index in [1.54, 1.807) is 11.3 Å². The second-order valence-corrected chi connectivity index (χ2v) is 7.51. The lowest BCUT2D eigenvalue weighted by Crippen LogP contribution is -2.44. The molecule has 0 amide bonds. The highest BCUT2D eigenvalue weighted by molar-refractivity contribution is 7.12. The normalized spacial score (nSPS) is 27.3. The molecule has 4 nitrogen and oxygen atoms in total. The average Bonchev–Trinajstić information content (AvgIpc) is 3.06. The van der Waals surface area contributed by atoms with Crippen LogP contribution in [0.25, 0.3) is 0 Å². The fourth-order valence-electron chi connectivity index (χ4n) is 3.04. The molecule has 1 fully saturated rings. The van der Waals surface area contributed by atoms with Gasteiger partial charge in [-0.25, -0.2) is 0 Å². The fraction of sp³-hybridized carbons (Fsp3) is 0.474. The summed E-state index contributed by atoms with van der Waals surface area (Å²) in [4.78, 5) is 2.07. The molecule has 3 rings (SSSR count). The lowest BCUT2D eigenvalue weighted by Gasteiger charge is -2.36. The molecule has 1 aliphatic heterocycles. The molecule has 0 saturated carbocycles. The summed E-state index contributed by atoms with van der Waals surface area (Å²) < 4.78 is 5.75. The van der Waals surface area contributed by atoms with Gasteiger partial charge in [0.1, 0.15) is 12.2 Å². The van der Waals surface area contributed by atoms with E-state index in [9.17, 15) is 15.3 Å². The first-order valence-corrected chi connectivity index (χ1v) is 9.21. The summed E-state index contributed by atoms with van der Waals surface area (Å²) in [5.74, 6) is 0. The van der Waals surface area contributed by atoms with Crippen LogP contribution in [0.4, 0.5) is 0 Å². The molecule has 2 unspecified atom stereocenters. The Morgan fingerprint density at radius 2 is 1.79 bits per heavy atom. The molecule has 1 saturated heterocycles. The molecule has 0 radical (unpaired) electrons. The Balaban J connectivity index is 1.72. The van der Waals surface area contributed by atoms with Crippen molar-refractivity contribution in [1.82, 2.24) is 0 Å². The number of hydrogen-bond acceptors (Lipinski definition) is 5. The molecule has 2 heterocycles. The van der Waals surface area contributed by atoms with Crippen LogP contribution in [-0.2, 0) is 17.6 Å². The van der Waals surface area contributed by atoms with E-state index in [0.717, 1.165) is 17.7 Å². The number of benzene rings is 1. The fourth-order valence-corrected chi connectivity index (χ4v) is 4.17. The third-order valence-electron chi connectivity index (χ3n) is 4.52. The van der Waals surface area contributed by atoms with Gasteiger partial charge in [-0.05, 0) is 29.7 Å². The average molecular weight is 348 g/mol. The minimum absolute atomic E-state index is 0.151. The van der Waals surface area contributed by atoms with E-state index in [4.69, 9.17) is 4.74 Å². The van der Waals surface area contributed by atoms with E-state index in [-0.39, 0.29) is 13.0 Å². The standard InChI is InChI=1S/C19H24O4S/c1-2-12-3-5-13(6-4-12)9-15-7-8-17(24-15)19-18(22)16(21)10-14(11-20)23-19/h3-8,14,16,18-22H,2,9-11H2,1H3/t14-,16?,18+,19?/m0/s1. The molecule has 130 valence electrons. The number of aliphatic hydroxyl groups excluding tert-OH is 3. The number of thiophene rings is 1. The summed E-state index contributed by atoms with van der Waals surface area (Å²) >= 11 is 1.58. The smallest absolute Gasteiger partial charge is 0.120 e. The van der Waals surface area contributed by atoms with Gasteiger partial charge in [-0.2, -0.15) is 0 Å². The molecule has 1 aromatic heterocycles. The van der Waals surface area contributed by atoms with Crippen molar-refractivity contribution in [2.75, 3.05) is 6.61 Å². The Labute approximate surface area is 146 Å². The van der Waals surface area contributed by atoms with Crippen molar-refractivity contribution >= 4 is 11.3 Å². The number of aliphatic hydroxyl groups is 3. The second kappa shape index (κ2) is 7.76. The first kappa shape index (κ1) is 17.6. The molecule has 1 aromatic carbocycles. The monoisotopic (exact) mass is 348 g/mol. The van der Waals surface area contributed by atoms with Crippen LogP contribution in [0.5, 0.6) is 0 Å². The van der Waals surface area contributed by atoms with Gasteiger partial charge in [0, 0.05) is 22.6 Å². The maximum Gasteiger partial charge on any atom is 0.120 e. The highest BCUT2D eigenvalue weighted by Crippen LogP contribution is 2.36. The first-order chi connectivity index (χ1) is 11.6.